The Morgan fingerprint density at radius 2 is 1.90 bits per heavy atom. The van der Waals surface area contributed by atoms with Crippen molar-refractivity contribution in [2.75, 3.05) is 13.2 Å². The summed E-state index contributed by atoms with van der Waals surface area (Å²) in [4.78, 5) is 0. The van der Waals surface area contributed by atoms with E-state index in [0.29, 0.717) is 19.6 Å². The molecule has 0 heterocycles. The predicted octanol–water partition coefficient (Wildman–Crippen LogP) is 3.68. The fourth-order valence-corrected chi connectivity index (χ4v) is 2.52. The van der Waals surface area contributed by atoms with Gasteiger partial charge in [0, 0.05) is 12.0 Å². The van der Waals surface area contributed by atoms with Gasteiger partial charge in [0.25, 0.3) is 0 Å². The molecule has 2 aromatic carbocycles. The minimum atomic E-state index is -0.324. The van der Waals surface area contributed by atoms with Gasteiger partial charge < -0.3 is 10.5 Å². The molecule has 0 saturated heterocycles. The number of ether oxygens (including phenoxy) is 1. The van der Waals surface area contributed by atoms with Crippen molar-refractivity contribution in [3.63, 3.8) is 0 Å². The number of halogens is 1. The number of rotatable bonds is 6. The number of para-hydroxylation sites is 1. The first-order valence-electron chi connectivity index (χ1n) is 7.26. The van der Waals surface area contributed by atoms with E-state index in [-0.39, 0.29) is 11.2 Å². The van der Waals surface area contributed by atoms with Crippen molar-refractivity contribution in [1.29, 1.82) is 0 Å². The second kappa shape index (κ2) is 6.72. The minimum absolute atomic E-state index is 0.231. The van der Waals surface area contributed by atoms with Crippen molar-refractivity contribution in [3.05, 3.63) is 65.5 Å². The van der Waals surface area contributed by atoms with Crippen LogP contribution in [-0.2, 0) is 11.8 Å². The Kier molecular flexibility index (Phi) is 4.97. The van der Waals surface area contributed by atoms with E-state index in [2.05, 4.69) is 6.92 Å². The first-order chi connectivity index (χ1) is 10.1. The summed E-state index contributed by atoms with van der Waals surface area (Å²) in [6, 6.07) is 14.6. The summed E-state index contributed by atoms with van der Waals surface area (Å²) in [6.07, 6.45) is 0.711. The molecule has 0 spiro atoms. The molecule has 21 heavy (non-hydrogen) atoms. The van der Waals surface area contributed by atoms with Gasteiger partial charge in [-0.1, -0.05) is 37.3 Å². The molecule has 0 bridgehead atoms. The second-order valence-electron chi connectivity index (χ2n) is 5.49. The first-order valence-corrected chi connectivity index (χ1v) is 7.26. The maximum absolute atomic E-state index is 13.5. The Morgan fingerprint density at radius 1 is 1.14 bits per heavy atom. The fourth-order valence-electron chi connectivity index (χ4n) is 2.52. The monoisotopic (exact) mass is 287 g/mol. The summed E-state index contributed by atoms with van der Waals surface area (Å²) < 4.78 is 19.2. The lowest BCUT2D eigenvalue weighted by Gasteiger charge is -2.29. The smallest absolute Gasteiger partial charge is 0.123 e. The SMILES string of the molecule is CCOc1ccccc1CC(C)(CN)c1cccc(F)c1. The molecule has 2 nitrogen and oxygen atoms in total. The average Bonchev–Trinajstić information content (AvgIpc) is 2.49. The Morgan fingerprint density at radius 3 is 2.57 bits per heavy atom. The van der Waals surface area contributed by atoms with Gasteiger partial charge in [0.15, 0.2) is 0 Å². The van der Waals surface area contributed by atoms with E-state index in [9.17, 15) is 4.39 Å². The zero-order chi connectivity index (χ0) is 15.3. The lowest BCUT2D eigenvalue weighted by Crippen LogP contribution is -2.34. The van der Waals surface area contributed by atoms with Crippen molar-refractivity contribution in [2.24, 2.45) is 5.73 Å². The molecule has 3 heteroatoms. The van der Waals surface area contributed by atoms with E-state index < -0.39 is 0 Å². The third-order valence-corrected chi connectivity index (χ3v) is 3.83. The van der Waals surface area contributed by atoms with Crippen LogP contribution in [0.2, 0.25) is 0 Å². The van der Waals surface area contributed by atoms with Crippen LogP contribution in [0.3, 0.4) is 0 Å². The fraction of sp³-hybridized carbons (Fsp3) is 0.333. The summed E-state index contributed by atoms with van der Waals surface area (Å²) in [5, 5.41) is 0. The zero-order valence-electron chi connectivity index (χ0n) is 12.6. The van der Waals surface area contributed by atoms with Crippen LogP contribution < -0.4 is 10.5 Å². The van der Waals surface area contributed by atoms with Crippen LogP contribution in [0.4, 0.5) is 4.39 Å². The Labute approximate surface area is 125 Å². The summed E-state index contributed by atoms with van der Waals surface area (Å²) in [5.74, 6) is 0.640. The molecule has 1 atom stereocenters. The number of hydrogen-bond acceptors (Lipinski definition) is 2. The molecule has 0 aromatic heterocycles. The molecule has 112 valence electrons. The van der Waals surface area contributed by atoms with Gasteiger partial charge in [-0.15, -0.1) is 0 Å². The third-order valence-electron chi connectivity index (χ3n) is 3.83. The van der Waals surface area contributed by atoms with Gasteiger partial charge in [-0.05, 0) is 42.7 Å². The normalized spacial score (nSPS) is 13.7. The molecule has 1 unspecified atom stereocenters. The van der Waals surface area contributed by atoms with E-state index in [1.54, 1.807) is 12.1 Å². The molecular formula is C18H22FNO. The van der Waals surface area contributed by atoms with E-state index in [4.69, 9.17) is 10.5 Å². The highest BCUT2D eigenvalue weighted by Crippen LogP contribution is 2.31. The van der Waals surface area contributed by atoms with Gasteiger partial charge in [0.1, 0.15) is 11.6 Å². The molecule has 0 radical (unpaired) electrons. The van der Waals surface area contributed by atoms with E-state index >= 15 is 0 Å². The van der Waals surface area contributed by atoms with Gasteiger partial charge in [0.2, 0.25) is 0 Å². The van der Waals surface area contributed by atoms with E-state index in [0.717, 1.165) is 16.9 Å². The predicted molar refractivity (Wildman–Crippen MR) is 84.1 cm³/mol. The van der Waals surface area contributed by atoms with Crippen LogP contribution in [0, 0.1) is 5.82 Å². The molecule has 0 aliphatic rings. The Balaban J connectivity index is 2.34. The quantitative estimate of drug-likeness (QED) is 0.879. The van der Waals surface area contributed by atoms with Gasteiger partial charge in [-0.25, -0.2) is 4.39 Å². The number of benzene rings is 2. The highest BCUT2D eigenvalue weighted by atomic mass is 19.1. The molecular weight excluding hydrogens is 265 g/mol. The van der Waals surface area contributed by atoms with Crippen molar-refractivity contribution < 1.29 is 9.13 Å². The minimum Gasteiger partial charge on any atom is -0.494 e. The summed E-state index contributed by atoms with van der Waals surface area (Å²) in [6.45, 7) is 5.09. The summed E-state index contributed by atoms with van der Waals surface area (Å²) >= 11 is 0. The van der Waals surface area contributed by atoms with Crippen molar-refractivity contribution in [3.8, 4) is 5.75 Å². The molecule has 2 N–H and O–H groups in total. The highest BCUT2D eigenvalue weighted by molar-refractivity contribution is 5.37. The Hall–Kier alpha value is -1.87. The maximum atomic E-state index is 13.5. The molecule has 0 fully saturated rings. The van der Waals surface area contributed by atoms with Crippen LogP contribution in [-0.4, -0.2) is 13.2 Å². The lowest BCUT2D eigenvalue weighted by molar-refractivity contribution is 0.332. The average molecular weight is 287 g/mol. The van der Waals surface area contributed by atoms with Gasteiger partial charge in [0.05, 0.1) is 6.61 Å². The molecule has 0 aliphatic carbocycles. The topological polar surface area (TPSA) is 35.2 Å². The van der Waals surface area contributed by atoms with Crippen LogP contribution in [0.1, 0.15) is 25.0 Å². The number of hydrogen-bond donors (Lipinski definition) is 1. The molecule has 0 amide bonds. The van der Waals surface area contributed by atoms with Crippen LogP contribution in [0.5, 0.6) is 5.75 Å². The van der Waals surface area contributed by atoms with Crippen LogP contribution >= 0.6 is 0 Å². The number of nitrogens with two attached hydrogens (primary N) is 1. The summed E-state index contributed by atoms with van der Waals surface area (Å²) in [5.41, 5.74) is 7.68. The summed E-state index contributed by atoms with van der Waals surface area (Å²) in [7, 11) is 0. The molecule has 2 aromatic rings. The largest absolute Gasteiger partial charge is 0.494 e. The van der Waals surface area contributed by atoms with Crippen molar-refractivity contribution in [2.45, 2.75) is 25.7 Å². The first kappa shape index (κ1) is 15.5. The van der Waals surface area contributed by atoms with Crippen molar-refractivity contribution in [1.82, 2.24) is 0 Å². The van der Waals surface area contributed by atoms with Crippen LogP contribution in [0.15, 0.2) is 48.5 Å². The Bertz CT molecular complexity index is 599. The van der Waals surface area contributed by atoms with Crippen molar-refractivity contribution >= 4 is 0 Å². The van der Waals surface area contributed by atoms with E-state index in [1.807, 2.05) is 37.3 Å². The zero-order valence-corrected chi connectivity index (χ0v) is 12.6. The maximum Gasteiger partial charge on any atom is 0.123 e. The molecule has 0 aliphatic heterocycles. The van der Waals surface area contributed by atoms with Gasteiger partial charge >= 0.3 is 0 Å². The van der Waals surface area contributed by atoms with Crippen LogP contribution in [0.25, 0.3) is 0 Å². The lowest BCUT2D eigenvalue weighted by atomic mass is 9.77. The standard InChI is InChI=1S/C18H22FNO/c1-3-21-17-10-5-4-7-14(17)12-18(2,13-20)15-8-6-9-16(19)11-15/h4-11H,3,12-13,20H2,1-2H3. The highest BCUT2D eigenvalue weighted by Gasteiger charge is 2.27. The van der Waals surface area contributed by atoms with Gasteiger partial charge in [-0.3, -0.25) is 0 Å². The van der Waals surface area contributed by atoms with E-state index in [1.165, 1.54) is 6.07 Å². The molecule has 2 rings (SSSR count). The molecule has 0 saturated carbocycles. The third kappa shape index (κ3) is 3.61. The second-order valence-corrected chi connectivity index (χ2v) is 5.49. The van der Waals surface area contributed by atoms with Gasteiger partial charge in [-0.2, -0.15) is 0 Å².